The Labute approximate surface area is 129 Å². The number of para-hydroxylation sites is 1. The molecule has 0 radical (unpaired) electrons. The lowest BCUT2D eigenvalue weighted by atomic mass is 10.1. The lowest BCUT2D eigenvalue weighted by Gasteiger charge is -2.11. The number of hydrogen-bond acceptors (Lipinski definition) is 3. The van der Waals surface area contributed by atoms with Gasteiger partial charge < -0.3 is 15.8 Å². The molecule has 2 aromatic rings. The number of aryl methyl sites for hydroxylation is 1. The van der Waals surface area contributed by atoms with Crippen LogP contribution in [-0.2, 0) is 11.3 Å². The normalized spacial score (nSPS) is 10.0. The Morgan fingerprint density at radius 3 is 2.64 bits per heavy atom. The molecule has 2 rings (SSSR count). The van der Waals surface area contributed by atoms with Gasteiger partial charge in [0.05, 0.1) is 5.56 Å². The molecule has 0 spiro atoms. The molecule has 5 nitrogen and oxygen atoms in total. The first-order valence-electron chi connectivity index (χ1n) is 6.90. The number of benzene rings is 2. The summed E-state index contributed by atoms with van der Waals surface area (Å²) in [5, 5.41) is 2.84. The molecule has 114 valence electrons. The van der Waals surface area contributed by atoms with Gasteiger partial charge in [-0.2, -0.15) is 0 Å². The molecule has 0 bridgehead atoms. The average Bonchev–Trinajstić information content (AvgIpc) is 2.51. The van der Waals surface area contributed by atoms with Gasteiger partial charge in [-0.15, -0.1) is 0 Å². The highest BCUT2D eigenvalue weighted by Crippen LogP contribution is 2.18. The molecule has 0 aliphatic carbocycles. The molecule has 0 heterocycles. The summed E-state index contributed by atoms with van der Waals surface area (Å²) < 4.78 is 5.26. The van der Waals surface area contributed by atoms with E-state index in [1.807, 2.05) is 31.2 Å². The number of nitrogens with one attached hydrogen (secondary N) is 1. The first-order chi connectivity index (χ1) is 10.6. The zero-order valence-corrected chi connectivity index (χ0v) is 12.3. The van der Waals surface area contributed by atoms with Crippen molar-refractivity contribution in [1.29, 1.82) is 0 Å². The monoisotopic (exact) mass is 298 g/mol. The third-order valence-electron chi connectivity index (χ3n) is 3.04. The van der Waals surface area contributed by atoms with Crippen molar-refractivity contribution in [1.82, 2.24) is 5.32 Å². The van der Waals surface area contributed by atoms with Gasteiger partial charge in [-0.25, -0.2) is 0 Å². The third-order valence-corrected chi connectivity index (χ3v) is 3.04. The molecular weight excluding hydrogens is 280 g/mol. The number of ether oxygens (including phenoxy) is 1. The largest absolute Gasteiger partial charge is 0.483 e. The van der Waals surface area contributed by atoms with Crippen LogP contribution in [0.5, 0.6) is 5.75 Å². The van der Waals surface area contributed by atoms with Crippen LogP contribution in [0.15, 0.2) is 48.5 Å². The van der Waals surface area contributed by atoms with Gasteiger partial charge in [0.1, 0.15) is 5.75 Å². The summed E-state index contributed by atoms with van der Waals surface area (Å²) in [5.74, 6) is -0.514. The first-order valence-corrected chi connectivity index (χ1v) is 6.90. The number of carbonyl (C=O) groups excluding carboxylic acids is 2. The van der Waals surface area contributed by atoms with E-state index in [0.29, 0.717) is 17.9 Å². The van der Waals surface area contributed by atoms with E-state index in [-0.39, 0.29) is 12.5 Å². The summed E-state index contributed by atoms with van der Waals surface area (Å²) in [6, 6.07) is 14.6. The number of primary amides is 1. The van der Waals surface area contributed by atoms with E-state index in [9.17, 15) is 9.59 Å². The van der Waals surface area contributed by atoms with E-state index in [1.165, 1.54) is 0 Å². The van der Waals surface area contributed by atoms with Crippen LogP contribution in [0, 0.1) is 6.92 Å². The molecule has 0 aliphatic heterocycles. The van der Waals surface area contributed by atoms with E-state index in [1.54, 1.807) is 24.3 Å². The summed E-state index contributed by atoms with van der Waals surface area (Å²) in [5.41, 5.74) is 7.58. The first kappa shape index (κ1) is 15.6. The zero-order valence-electron chi connectivity index (χ0n) is 12.3. The Bertz CT molecular complexity index is 683. The minimum atomic E-state index is -0.588. The van der Waals surface area contributed by atoms with Crippen molar-refractivity contribution in [3.05, 3.63) is 65.2 Å². The van der Waals surface area contributed by atoms with Crippen LogP contribution in [0.3, 0.4) is 0 Å². The van der Waals surface area contributed by atoms with Crippen molar-refractivity contribution in [3.63, 3.8) is 0 Å². The molecule has 0 unspecified atom stereocenters. The van der Waals surface area contributed by atoms with Crippen molar-refractivity contribution in [3.8, 4) is 5.75 Å². The van der Waals surface area contributed by atoms with Gasteiger partial charge in [-0.05, 0) is 24.6 Å². The highest BCUT2D eigenvalue weighted by atomic mass is 16.5. The number of amides is 2. The summed E-state index contributed by atoms with van der Waals surface area (Å²) in [4.78, 5) is 23.1. The Kier molecular flexibility index (Phi) is 5.14. The molecule has 0 aromatic heterocycles. The van der Waals surface area contributed by atoms with Crippen LogP contribution < -0.4 is 15.8 Å². The molecule has 2 amide bonds. The van der Waals surface area contributed by atoms with Crippen molar-refractivity contribution >= 4 is 11.8 Å². The maximum Gasteiger partial charge on any atom is 0.255 e. The topological polar surface area (TPSA) is 81.4 Å². The van der Waals surface area contributed by atoms with E-state index in [0.717, 1.165) is 11.1 Å². The lowest BCUT2D eigenvalue weighted by molar-refractivity contribution is -0.119. The highest BCUT2D eigenvalue weighted by Gasteiger charge is 2.12. The predicted molar refractivity (Wildman–Crippen MR) is 83.5 cm³/mol. The maximum absolute atomic E-state index is 12.3. The quantitative estimate of drug-likeness (QED) is 0.853. The van der Waals surface area contributed by atoms with Gasteiger partial charge in [0.2, 0.25) is 0 Å². The van der Waals surface area contributed by atoms with Crippen LogP contribution in [0.4, 0.5) is 0 Å². The van der Waals surface area contributed by atoms with Crippen LogP contribution in [0.2, 0.25) is 0 Å². The molecule has 0 aliphatic rings. The van der Waals surface area contributed by atoms with Crippen LogP contribution in [0.25, 0.3) is 0 Å². The Hall–Kier alpha value is -2.82. The molecule has 5 heteroatoms. The van der Waals surface area contributed by atoms with Crippen LogP contribution in [0.1, 0.15) is 21.5 Å². The summed E-state index contributed by atoms with van der Waals surface area (Å²) in [6.07, 6.45) is 0. The molecule has 0 fully saturated rings. The predicted octanol–water partition coefficient (Wildman–Crippen LogP) is 1.79. The smallest absolute Gasteiger partial charge is 0.255 e. The lowest BCUT2D eigenvalue weighted by Crippen LogP contribution is -2.25. The van der Waals surface area contributed by atoms with Crippen molar-refractivity contribution in [2.45, 2.75) is 13.5 Å². The van der Waals surface area contributed by atoms with Crippen LogP contribution in [-0.4, -0.2) is 18.4 Å². The zero-order chi connectivity index (χ0) is 15.9. The number of rotatable bonds is 6. The van der Waals surface area contributed by atoms with Crippen LogP contribution >= 0.6 is 0 Å². The van der Waals surface area contributed by atoms with Gasteiger partial charge in [-0.3, -0.25) is 9.59 Å². The maximum atomic E-state index is 12.3. The van der Waals surface area contributed by atoms with Gasteiger partial charge in [0, 0.05) is 6.54 Å². The second kappa shape index (κ2) is 7.26. The Morgan fingerprint density at radius 2 is 1.91 bits per heavy atom. The van der Waals surface area contributed by atoms with E-state index in [4.69, 9.17) is 10.5 Å². The van der Waals surface area contributed by atoms with Gasteiger partial charge in [0.25, 0.3) is 11.8 Å². The molecule has 0 saturated carbocycles. The van der Waals surface area contributed by atoms with E-state index >= 15 is 0 Å². The van der Waals surface area contributed by atoms with Crippen molar-refractivity contribution in [2.24, 2.45) is 5.73 Å². The second-order valence-corrected chi connectivity index (χ2v) is 4.92. The molecule has 22 heavy (non-hydrogen) atoms. The Morgan fingerprint density at radius 1 is 1.14 bits per heavy atom. The second-order valence-electron chi connectivity index (χ2n) is 4.92. The Balaban J connectivity index is 2.04. The standard InChI is InChI=1S/C17H18N2O3/c1-12-5-4-6-13(9-12)10-19-17(21)14-7-2-3-8-15(14)22-11-16(18)20/h2-9H,10-11H2,1H3,(H2,18,20)(H,19,21). The highest BCUT2D eigenvalue weighted by molar-refractivity contribution is 5.97. The van der Waals surface area contributed by atoms with Gasteiger partial charge in [-0.1, -0.05) is 42.0 Å². The van der Waals surface area contributed by atoms with Crippen molar-refractivity contribution in [2.75, 3.05) is 6.61 Å². The summed E-state index contributed by atoms with van der Waals surface area (Å²) in [7, 11) is 0. The van der Waals surface area contributed by atoms with E-state index in [2.05, 4.69) is 5.32 Å². The summed E-state index contributed by atoms with van der Waals surface area (Å²) in [6.45, 7) is 2.16. The SMILES string of the molecule is Cc1cccc(CNC(=O)c2ccccc2OCC(N)=O)c1. The molecular formula is C17H18N2O3. The fourth-order valence-electron chi connectivity index (χ4n) is 2.03. The fraction of sp³-hybridized carbons (Fsp3) is 0.176. The number of carbonyl (C=O) groups is 2. The van der Waals surface area contributed by atoms with Gasteiger partial charge >= 0.3 is 0 Å². The number of nitrogens with two attached hydrogens (primary N) is 1. The minimum absolute atomic E-state index is 0.262. The van der Waals surface area contributed by atoms with Crippen molar-refractivity contribution < 1.29 is 14.3 Å². The average molecular weight is 298 g/mol. The minimum Gasteiger partial charge on any atom is -0.483 e. The molecule has 2 aromatic carbocycles. The molecule has 0 saturated heterocycles. The van der Waals surface area contributed by atoms with Gasteiger partial charge in [0.15, 0.2) is 6.61 Å². The number of hydrogen-bond donors (Lipinski definition) is 2. The fourth-order valence-corrected chi connectivity index (χ4v) is 2.03. The summed E-state index contributed by atoms with van der Waals surface area (Å²) >= 11 is 0. The molecule has 0 atom stereocenters. The third kappa shape index (κ3) is 4.34. The van der Waals surface area contributed by atoms with E-state index < -0.39 is 5.91 Å². The molecule has 3 N–H and O–H groups in total.